The summed E-state index contributed by atoms with van der Waals surface area (Å²) in [7, 11) is 0. The minimum atomic E-state index is -0.650. The Balaban J connectivity index is 2.34. The summed E-state index contributed by atoms with van der Waals surface area (Å²) in [6, 6.07) is 9.10. The van der Waals surface area contributed by atoms with Crippen LogP contribution in [0.25, 0.3) is 0 Å². The van der Waals surface area contributed by atoms with Crippen molar-refractivity contribution in [3.63, 3.8) is 0 Å². The highest BCUT2D eigenvalue weighted by Gasteiger charge is 2.10. The third kappa shape index (κ3) is 4.70. The number of esters is 2. The number of ether oxygens (including phenoxy) is 2. The second kappa shape index (κ2) is 6.74. The lowest BCUT2D eigenvalue weighted by molar-refractivity contribution is -0.162. The molecule has 0 bridgehead atoms. The molecule has 0 heterocycles. The zero-order chi connectivity index (χ0) is 11.8. The standard InChI is InChI=1S/C12H14O4/c1-2-15-9-12(14)16-11(13)8-10-6-4-3-5-7-10/h3-7H,2,8-9H2,1H3. The molecule has 1 aromatic carbocycles. The van der Waals surface area contributed by atoms with Crippen molar-refractivity contribution >= 4 is 11.9 Å². The van der Waals surface area contributed by atoms with Gasteiger partial charge in [0.2, 0.25) is 0 Å². The first-order valence-corrected chi connectivity index (χ1v) is 5.07. The van der Waals surface area contributed by atoms with Crippen LogP contribution in [0.15, 0.2) is 30.3 Å². The van der Waals surface area contributed by atoms with E-state index in [0.29, 0.717) is 6.61 Å². The number of hydrogen-bond acceptors (Lipinski definition) is 4. The second-order valence-electron chi connectivity index (χ2n) is 3.15. The summed E-state index contributed by atoms with van der Waals surface area (Å²) in [5.41, 5.74) is 0.816. The minimum absolute atomic E-state index is 0.0959. The minimum Gasteiger partial charge on any atom is -0.391 e. The molecule has 0 amide bonds. The van der Waals surface area contributed by atoms with Crippen molar-refractivity contribution in [1.29, 1.82) is 0 Å². The van der Waals surface area contributed by atoms with Crippen LogP contribution in [0.2, 0.25) is 0 Å². The fourth-order valence-electron chi connectivity index (χ4n) is 1.14. The van der Waals surface area contributed by atoms with Gasteiger partial charge in [0, 0.05) is 6.61 Å². The Morgan fingerprint density at radius 1 is 1.12 bits per heavy atom. The number of carbonyl (C=O) groups excluding carboxylic acids is 2. The zero-order valence-corrected chi connectivity index (χ0v) is 9.14. The number of carbonyl (C=O) groups is 2. The zero-order valence-electron chi connectivity index (χ0n) is 9.14. The molecule has 0 fully saturated rings. The summed E-state index contributed by atoms with van der Waals surface area (Å²) < 4.78 is 9.37. The Morgan fingerprint density at radius 2 is 1.81 bits per heavy atom. The average Bonchev–Trinajstić information content (AvgIpc) is 2.27. The van der Waals surface area contributed by atoms with Crippen molar-refractivity contribution in [3.8, 4) is 0 Å². The predicted molar refractivity (Wildman–Crippen MR) is 57.7 cm³/mol. The molecule has 0 saturated carbocycles. The summed E-state index contributed by atoms with van der Waals surface area (Å²) in [6.07, 6.45) is 0.0959. The third-order valence-electron chi connectivity index (χ3n) is 1.84. The predicted octanol–water partition coefficient (Wildman–Crippen LogP) is 1.34. The number of rotatable bonds is 5. The van der Waals surface area contributed by atoms with Gasteiger partial charge < -0.3 is 9.47 Å². The fraction of sp³-hybridized carbons (Fsp3) is 0.333. The maximum atomic E-state index is 11.3. The first kappa shape index (κ1) is 12.4. The molecular weight excluding hydrogens is 208 g/mol. The smallest absolute Gasteiger partial charge is 0.339 e. The molecule has 16 heavy (non-hydrogen) atoms. The summed E-state index contributed by atoms with van der Waals surface area (Å²) in [4.78, 5) is 22.3. The molecule has 0 saturated heterocycles. The summed E-state index contributed by atoms with van der Waals surface area (Å²) in [5.74, 6) is -1.21. The Hall–Kier alpha value is -1.68. The maximum absolute atomic E-state index is 11.3. The third-order valence-corrected chi connectivity index (χ3v) is 1.84. The normalized spacial score (nSPS) is 9.81. The largest absolute Gasteiger partial charge is 0.391 e. The lowest BCUT2D eigenvalue weighted by Crippen LogP contribution is -2.18. The Bertz CT molecular complexity index is 345. The van der Waals surface area contributed by atoms with Crippen LogP contribution in [0, 0.1) is 0 Å². The maximum Gasteiger partial charge on any atom is 0.339 e. The van der Waals surface area contributed by atoms with Crippen LogP contribution in [0.3, 0.4) is 0 Å². The van der Waals surface area contributed by atoms with Crippen molar-refractivity contribution in [2.24, 2.45) is 0 Å². The molecule has 1 rings (SSSR count). The quantitative estimate of drug-likeness (QED) is 0.557. The van der Waals surface area contributed by atoms with Crippen molar-refractivity contribution in [2.75, 3.05) is 13.2 Å². The molecule has 1 aromatic rings. The van der Waals surface area contributed by atoms with E-state index in [9.17, 15) is 9.59 Å². The lowest BCUT2D eigenvalue weighted by atomic mass is 10.2. The van der Waals surface area contributed by atoms with Gasteiger partial charge >= 0.3 is 11.9 Å². The van der Waals surface area contributed by atoms with Crippen molar-refractivity contribution < 1.29 is 19.1 Å². The number of benzene rings is 1. The molecule has 0 unspecified atom stereocenters. The van der Waals surface area contributed by atoms with Gasteiger partial charge in [-0.3, -0.25) is 4.79 Å². The van der Waals surface area contributed by atoms with Gasteiger partial charge in [0.05, 0.1) is 6.42 Å². The van der Waals surface area contributed by atoms with E-state index in [2.05, 4.69) is 4.74 Å². The molecule has 0 atom stereocenters. The summed E-state index contributed by atoms with van der Waals surface area (Å²) in [6.45, 7) is 2.00. The van der Waals surface area contributed by atoms with Gasteiger partial charge in [-0.2, -0.15) is 0 Å². The molecule has 0 aliphatic rings. The first-order valence-electron chi connectivity index (χ1n) is 5.07. The molecule has 4 heteroatoms. The van der Waals surface area contributed by atoms with Gasteiger partial charge in [0.1, 0.15) is 6.61 Å². The van der Waals surface area contributed by atoms with Crippen LogP contribution in [-0.2, 0) is 25.5 Å². The SMILES string of the molecule is CCOCC(=O)OC(=O)Cc1ccccc1. The number of hydrogen-bond donors (Lipinski definition) is 0. The van der Waals surface area contributed by atoms with Crippen LogP contribution >= 0.6 is 0 Å². The van der Waals surface area contributed by atoms with E-state index in [0.717, 1.165) is 5.56 Å². The van der Waals surface area contributed by atoms with Crippen LogP contribution in [0.5, 0.6) is 0 Å². The fourth-order valence-corrected chi connectivity index (χ4v) is 1.14. The molecule has 0 aliphatic heterocycles. The highest BCUT2D eigenvalue weighted by molar-refractivity contribution is 5.87. The van der Waals surface area contributed by atoms with E-state index in [1.807, 2.05) is 18.2 Å². The molecule has 0 spiro atoms. The monoisotopic (exact) mass is 222 g/mol. The lowest BCUT2D eigenvalue weighted by Gasteiger charge is -2.03. The van der Waals surface area contributed by atoms with E-state index >= 15 is 0 Å². The van der Waals surface area contributed by atoms with Crippen LogP contribution < -0.4 is 0 Å². The molecule has 0 radical (unpaired) electrons. The van der Waals surface area contributed by atoms with E-state index in [1.165, 1.54) is 0 Å². The van der Waals surface area contributed by atoms with Gasteiger partial charge in [-0.15, -0.1) is 0 Å². The van der Waals surface area contributed by atoms with Crippen molar-refractivity contribution in [2.45, 2.75) is 13.3 Å². The van der Waals surface area contributed by atoms with Crippen molar-refractivity contribution in [1.82, 2.24) is 0 Å². The Kier molecular flexibility index (Phi) is 5.22. The van der Waals surface area contributed by atoms with Crippen molar-refractivity contribution in [3.05, 3.63) is 35.9 Å². The van der Waals surface area contributed by atoms with E-state index < -0.39 is 11.9 Å². The van der Waals surface area contributed by atoms with E-state index in [1.54, 1.807) is 19.1 Å². The highest BCUT2D eigenvalue weighted by atomic mass is 16.6. The van der Waals surface area contributed by atoms with E-state index in [-0.39, 0.29) is 13.0 Å². The average molecular weight is 222 g/mol. The second-order valence-corrected chi connectivity index (χ2v) is 3.15. The van der Waals surface area contributed by atoms with Crippen LogP contribution in [0.1, 0.15) is 12.5 Å². The molecule has 0 aliphatic carbocycles. The van der Waals surface area contributed by atoms with Crippen LogP contribution in [0.4, 0.5) is 0 Å². The van der Waals surface area contributed by atoms with Gasteiger partial charge in [-0.1, -0.05) is 30.3 Å². The summed E-state index contributed by atoms with van der Waals surface area (Å²) >= 11 is 0. The molecule has 86 valence electrons. The highest BCUT2D eigenvalue weighted by Crippen LogP contribution is 2.00. The topological polar surface area (TPSA) is 52.6 Å². The molecule has 4 nitrogen and oxygen atoms in total. The Labute approximate surface area is 94.2 Å². The van der Waals surface area contributed by atoms with Crippen LogP contribution in [-0.4, -0.2) is 25.2 Å². The Morgan fingerprint density at radius 3 is 2.44 bits per heavy atom. The van der Waals surface area contributed by atoms with Gasteiger partial charge in [0.15, 0.2) is 0 Å². The molecular formula is C12H14O4. The first-order chi connectivity index (χ1) is 7.72. The molecule has 0 aromatic heterocycles. The van der Waals surface area contributed by atoms with Gasteiger partial charge in [-0.05, 0) is 12.5 Å². The van der Waals surface area contributed by atoms with Gasteiger partial charge in [0.25, 0.3) is 0 Å². The van der Waals surface area contributed by atoms with E-state index in [4.69, 9.17) is 4.74 Å². The molecule has 0 N–H and O–H groups in total. The van der Waals surface area contributed by atoms with Gasteiger partial charge in [-0.25, -0.2) is 4.79 Å². The summed E-state index contributed by atoms with van der Waals surface area (Å²) in [5, 5.41) is 0.